The summed E-state index contributed by atoms with van der Waals surface area (Å²) in [7, 11) is 0. The molecule has 0 spiro atoms. The lowest BCUT2D eigenvalue weighted by atomic mass is 10.1. The zero-order chi connectivity index (χ0) is 15.6. The summed E-state index contributed by atoms with van der Waals surface area (Å²) in [4.78, 5) is 23.1. The Balaban J connectivity index is 2.29. The molecule has 0 aliphatic rings. The maximum atomic E-state index is 12.1. The molecule has 0 unspecified atom stereocenters. The van der Waals surface area contributed by atoms with Gasteiger partial charge in [0.2, 0.25) is 0 Å². The molecule has 0 heterocycles. The SMILES string of the molecule is O=C(O)c1cc(Br)cc(NC(=O)c2ccc(Br)cc2O)c1. The fraction of sp³-hybridized carbons (Fsp3) is 0. The molecular weight excluding hydrogens is 406 g/mol. The third-order valence-electron chi connectivity index (χ3n) is 2.61. The van der Waals surface area contributed by atoms with E-state index in [0.717, 1.165) is 0 Å². The first-order chi connectivity index (χ1) is 9.86. The molecule has 0 aliphatic heterocycles. The molecule has 2 aromatic carbocycles. The number of amides is 1. The molecule has 7 heteroatoms. The summed E-state index contributed by atoms with van der Waals surface area (Å²) in [5.41, 5.74) is 0.448. The largest absolute Gasteiger partial charge is 0.507 e. The van der Waals surface area contributed by atoms with Gasteiger partial charge in [0, 0.05) is 14.6 Å². The standard InChI is InChI=1S/C14H9Br2NO4/c15-8-1-2-11(12(18)6-8)13(19)17-10-4-7(14(20)21)3-9(16)5-10/h1-6,18H,(H,17,19)(H,20,21). The minimum atomic E-state index is -1.10. The quantitative estimate of drug-likeness (QED) is 0.711. The van der Waals surface area contributed by atoms with Crippen LogP contribution in [-0.4, -0.2) is 22.1 Å². The highest BCUT2D eigenvalue weighted by molar-refractivity contribution is 9.10. The number of aromatic carboxylic acids is 1. The Labute approximate surface area is 136 Å². The zero-order valence-corrected chi connectivity index (χ0v) is 13.6. The van der Waals surface area contributed by atoms with Crippen molar-refractivity contribution >= 4 is 49.4 Å². The summed E-state index contributed by atoms with van der Waals surface area (Å²) in [5, 5.41) is 21.3. The van der Waals surface area contributed by atoms with E-state index in [1.165, 1.54) is 24.3 Å². The summed E-state index contributed by atoms with van der Waals surface area (Å²) in [6.45, 7) is 0. The molecule has 21 heavy (non-hydrogen) atoms. The van der Waals surface area contributed by atoms with E-state index in [1.54, 1.807) is 12.1 Å². The lowest BCUT2D eigenvalue weighted by Crippen LogP contribution is -2.12. The Kier molecular flexibility index (Phi) is 4.64. The minimum absolute atomic E-state index is 0.0414. The second kappa shape index (κ2) is 6.28. The van der Waals surface area contributed by atoms with Crippen LogP contribution in [0.2, 0.25) is 0 Å². The first-order valence-electron chi connectivity index (χ1n) is 5.70. The van der Waals surface area contributed by atoms with E-state index >= 15 is 0 Å². The van der Waals surface area contributed by atoms with E-state index in [0.29, 0.717) is 14.6 Å². The van der Waals surface area contributed by atoms with Gasteiger partial charge in [-0.15, -0.1) is 0 Å². The van der Waals surface area contributed by atoms with Gasteiger partial charge in [-0.3, -0.25) is 4.79 Å². The summed E-state index contributed by atoms with van der Waals surface area (Å²) in [6, 6.07) is 8.82. The number of carboxylic acid groups (broad SMARTS) is 1. The van der Waals surface area contributed by atoms with Gasteiger partial charge in [-0.25, -0.2) is 4.79 Å². The first-order valence-corrected chi connectivity index (χ1v) is 7.29. The number of hydrogen-bond donors (Lipinski definition) is 3. The number of phenols is 1. The average molecular weight is 415 g/mol. The van der Waals surface area contributed by atoms with Crippen molar-refractivity contribution in [3.8, 4) is 5.75 Å². The number of carbonyl (C=O) groups excluding carboxylic acids is 1. The molecule has 3 N–H and O–H groups in total. The van der Waals surface area contributed by atoms with Gasteiger partial charge >= 0.3 is 5.97 Å². The maximum absolute atomic E-state index is 12.1. The molecular formula is C14H9Br2NO4. The van der Waals surface area contributed by atoms with E-state index in [2.05, 4.69) is 37.2 Å². The lowest BCUT2D eigenvalue weighted by Gasteiger charge is -2.08. The summed E-state index contributed by atoms with van der Waals surface area (Å²) in [6.07, 6.45) is 0. The minimum Gasteiger partial charge on any atom is -0.507 e. The van der Waals surface area contributed by atoms with Gasteiger partial charge in [0.25, 0.3) is 5.91 Å². The van der Waals surface area contributed by atoms with Gasteiger partial charge in [0.05, 0.1) is 11.1 Å². The third kappa shape index (κ3) is 3.83. The Morgan fingerprint density at radius 2 is 1.71 bits per heavy atom. The summed E-state index contributed by atoms with van der Waals surface area (Å²) >= 11 is 6.37. The van der Waals surface area contributed by atoms with E-state index < -0.39 is 11.9 Å². The van der Waals surface area contributed by atoms with Crippen LogP contribution in [0.15, 0.2) is 45.3 Å². The van der Waals surface area contributed by atoms with Crippen LogP contribution in [0.1, 0.15) is 20.7 Å². The number of nitrogens with one attached hydrogen (secondary N) is 1. The molecule has 0 bridgehead atoms. The van der Waals surface area contributed by atoms with Crippen LogP contribution in [0.5, 0.6) is 5.75 Å². The van der Waals surface area contributed by atoms with Crippen molar-refractivity contribution < 1.29 is 19.8 Å². The molecule has 2 rings (SSSR count). The topological polar surface area (TPSA) is 86.6 Å². The average Bonchev–Trinajstić information content (AvgIpc) is 2.37. The van der Waals surface area contributed by atoms with Crippen molar-refractivity contribution in [3.63, 3.8) is 0 Å². The van der Waals surface area contributed by atoms with Crippen LogP contribution < -0.4 is 5.32 Å². The number of anilines is 1. The molecule has 0 radical (unpaired) electrons. The van der Waals surface area contributed by atoms with Crippen molar-refractivity contribution in [1.82, 2.24) is 0 Å². The Hall–Kier alpha value is -1.86. The number of carboxylic acids is 1. The van der Waals surface area contributed by atoms with Crippen molar-refractivity contribution in [2.75, 3.05) is 5.32 Å². The molecule has 0 saturated heterocycles. The lowest BCUT2D eigenvalue weighted by molar-refractivity contribution is 0.0696. The van der Waals surface area contributed by atoms with Gasteiger partial charge in [-0.05, 0) is 36.4 Å². The van der Waals surface area contributed by atoms with Gasteiger partial charge in [-0.2, -0.15) is 0 Å². The van der Waals surface area contributed by atoms with Crippen LogP contribution in [0.4, 0.5) is 5.69 Å². The predicted octanol–water partition coefficient (Wildman–Crippen LogP) is 3.87. The van der Waals surface area contributed by atoms with Crippen molar-refractivity contribution in [2.45, 2.75) is 0 Å². The Bertz CT molecular complexity index is 731. The normalized spacial score (nSPS) is 10.2. The predicted molar refractivity (Wildman–Crippen MR) is 84.9 cm³/mol. The number of aromatic hydroxyl groups is 1. The van der Waals surface area contributed by atoms with Crippen LogP contribution in [0, 0.1) is 0 Å². The monoisotopic (exact) mass is 413 g/mol. The van der Waals surface area contributed by atoms with E-state index in [-0.39, 0.29) is 16.9 Å². The highest BCUT2D eigenvalue weighted by Crippen LogP contribution is 2.25. The smallest absolute Gasteiger partial charge is 0.335 e. The fourth-order valence-electron chi connectivity index (χ4n) is 1.68. The molecule has 0 atom stereocenters. The second-order valence-corrected chi connectivity index (χ2v) is 5.98. The van der Waals surface area contributed by atoms with Crippen molar-refractivity contribution in [3.05, 3.63) is 56.5 Å². The van der Waals surface area contributed by atoms with Crippen LogP contribution in [0.3, 0.4) is 0 Å². The number of halogens is 2. The van der Waals surface area contributed by atoms with E-state index in [9.17, 15) is 14.7 Å². The second-order valence-electron chi connectivity index (χ2n) is 4.15. The van der Waals surface area contributed by atoms with Crippen LogP contribution in [0.25, 0.3) is 0 Å². The van der Waals surface area contributed by atoms with Gasteiger partial charge < -0.3 is 15.5 Å². The Morgan fingerprint density at radius 3 is 2.33 bits per heavy atom. The molecule has 2 aromatic rings. The number of carbonyl (C=O) groups is 2. The van der Waals surface area contributed by atoms with Gasteiger partial charge in [0.1, 0.15) is 5.75 Å². The molecule has 1 amide bonds. The molecule has 0 saturated carbocycles. The maximum Gasteiger partial charge on any atom is 0.335 e. The highest BCUT2D eigenvalue weighted by atomic mass is 79.9. The van der Waals surface area contributed by atoms with E-state index in [4.69, 9.17) is 5.11 Å². The number of phenolic OH excluding ortho intramolecular Hbond substituents is 1. The first kappa shape index (κ1) is 15.5. The molecule has 108 valence electrons. The summed E-state index contributed by atoms with van der Waals surface area (Å²) in [5.74, 6) is -1.80. The van der Waals surface area contributed by atoms with Crippen LogP contribution >= 0.6 is 31.9 Å². The van der Waals surface area contributed by atoms with Crippen molar-refractivity contribution in [1.29, 1.82) is 0 Å². The molecule has 0 aromatic heterocycles. The molecule has 0 fully saturated rings. The van der Waals surface area contributed by atoms with Gasteiger partial charge in [0.15, 0.2) is 0 Å². The Morgan fingerprint density at radius 1 is 1.00 bits per heavy atom. The fourth-order valence-corrected chi connectivity index (χ4v) is 2.52. The third-order valence-corrected chi connectivity index (χ3v) is 3.56. The number of hydrogen-bond acceptors (Lipinski definition) is 3. The number of benzene rings is 2. The molecule has 0 aliphatic carbocycles. The zero-order valence-electron chi connectivity index (χ0n) is 10.4. The van der Waals surface area contributed by atoms with Crippen molar-refractivity contribution in [2.24, 2.45) is 0 Å². The summed E-state index contributed by atoms with van der Waals surface area (Å²) < 4.78 is 1.17. The highest BCUT2D eigenvalue weighted by Gasteiger charge is 2.13. The molecule has 5 nitrogen and oxygen atoms in total. The van der Waals surface area contributed by atoms with E-state index in [1.807, 2.05) is 0 Å². The van der Waals surface area contributed by atoms with Crippen LogP contribution in [-0.2, 0) is 0 Å². The number of rotatable bonds is 3. The van der Waals surface area contributed by atoms with Gasteiger partial charge in [-0.1, -0.05) is 31.9 Å².